The number of nitrogens with two attached hydrogens (primary N) is 1. The van der Waals surface area contributed by atoms with Crippen LogP contribution in [0.3, 0.4) is 0 Å². The summed E-state index contributed by atoms with van der Waals surface area (Å²) in [4.78, 5) is 12.2. The van der Waals surface area contributed by atoms with Crippen molar-refractivity contribution in [3.8, 4) is 12.0 Å². The molecular weight excluding hydrogens is 278 g/mol. The second kappa shape index (κ2) is 8.09. The molecule has 2 aromatic rings. The standard InChI is InChI=1S/C11H17N7O3/c1-19-5-6-20-7-8-21-11-15-9(17-12)14-10(16-11)18-4-2-3-13-18/h2-4H,5-8,12H2,1H3,(H,14,15,16,17). The van der Waals surface area contributed by atoms with Gasteiger partial charge in [0.25, 0.3) is 5.95 Å². The van der Waals surface area contributed by atoms with Crippen molar-refractivity contribution < 1.29 is 14.2 Å². The minimum atomic E-state index is 0.138. The highest BCUT2D eigenvalue weighted by Crippen LogP contribution is 2.09. The van der Waals surface area contributed by atoms with Crippen LogP contribution < -0.4 is 16.0 Å². The lowest BCUT2D eigenvalue weighted by atomic mass is 10.7. The number of hydrogen-bond donors (Lipinski definition) is 2. The summed E-state index contributed by atoms with van der Waals surface area (Å²) in [5, 5.41) is 4.03. The van der Waals surface area contributed by atoms with Gasteiger partial charge in [-0.15, -0.1) is 0 Å². The number of anilines is 1. The molecule has 0 fully saturated rings. The van der Waals surface area contributed by atoms with Crippen molar-refractivity contribution in [1.82, 2.24) is 24.7 Å². The topological polar surface area (TPSA) is 122 Å². The maximum absolute atomic E-state index is 5.40. The van der Waals surface area contributed by atoms with Gasteiger partial charge in [0.1, 0.15) is 6.61 Å². The normalized spacial score (nSPS) is 10.6. The van der Waals surface area contributed by atoms with Gasteiger partial charge in [-0.3, -0.25) is 5.43 Å². The molecule has 0 radical (unpaired) electrons. The molecule has 0 aliphatic rings. The SMILES string of the molecule is COCCOCCOc1nc(NN)nc(-n2cccn2)n1. The molecule has 0 unspecified atom stereocenters. The van der Waals surface area contributed by atoms with Crippen LogP contribution in [0.25, 0.3) is 5.95 Å². The van der Waals surface area contributed by atoms with E-state index >= 15 is 0 Å². The quantitative estimate of drug-likeness (QED) is 0.354. The first-order chi connectivity index (χ1) is 10.3. The summed E-state index contributed by atoms with van der Waals surface area (Å²) < 4.78 is 17.0. The molecule has 0 aliphatic carbocycles. The Hall–Kier alpha value is -2.30. The fraction of sp³-hybridized carbons (Fsp3) is 0.455. The van der Waals surface area contributed by atoms with Crippen LogP contribution in [0.5, 0.6) is 6.01 Å². The predicted molar refractivity (Wildman–Crippen MR) is 72.9 cm³/mol. The van der Waals surface area contributed by atoms with Crippen molar-refractivity contribution in [1.29, 1.82) is 0 Å². The lowest BCUT2D eigenvalue weighted by Crippen LogP contribution is -2.16. The molecule has 21 heavy (non-hydrogen) atoms. The van der Waals surface area contributed by atoms with E-state index in [0.29, 0.717) is 32.4 Å². The van der Waals surface area contributed by atoms with Gasteiger partial charge < -0.3 is 14.2 Å². The van der Waals surface area contributed by atoms with E-state index in [1.54, 1.807) is 25.6 Å². The highest BCUT2D eigenvalue weighted by Gasteiger charge is 2.08. The van der Waals surface area contributed by atoms with Crippen LogP contribution >= 0.6 is 0 Å². The molecule has 10 heteroatoms. The molecule has 0 bridgehead atoms. The Balaban J connectivity index is 1.94. The first-order valence-electron chi connectivity index (χ1n) is 6.25. The van der Waals surface area contributed by atoms with Crippen LogP contribution in [0.4, 0.5) is 5.95 Å². The van der Waals surface area contributed by atoms with Crippen LogP contribution in [0.1, 0.15) is 0 Å². The Morgan fingerprint density at radius 1 is 1.19 bits per heavy atom. The van der Waals surface area contributed by atoms with E-state index in [1.165, 1.54) is 4.68 Å². The molecule has 0 aliphatic heterocycles. The average Bonchev–Trinajstić information content (AvgIpc) is 3.05. The maximum Gasteiger partial charge on any atom is 0.323 e. The number of hydrazine groups is 1. The zero-order valence-corrected chi connectivity index (χ0v) is 11.6. The molecule has 2 rings (SSSR count). The molecule has 10 nitrogen and oxygen atoms in total. The van der Waals surface area contributed by atoms with Crippen molar-refractivity contribution in [3.63, 3.8) is 0 Å². The molecule has 0 amide bonds. The number of methoxy groups -OCH3 is 1. The average molecular weight is 295 g/mol. The lowest BCUT2D eigenvalue weighted by Gasteiger charge is -2.08. The van der Waals surface area contributed by atoms with Crippen molar-refractivity contribution in [2.45, 2.75) is 0 Å². The minimum Gasteiger partial charge on any atom is -0.461 e. The summed E-state index contributed by atoms with van der Waals surface area (Å²) in [7, 11) is 1.61. The number of rotatable bonds is 9. The van der Waals surface area contributed by atoms with Gasteiger partial charge in [-0.05, 0) is 6.07 Å². The van der Waals surface area contributed by atoms with E-state index in [2.05, 4.69) is 25.5 Å². The molecular formula is C11H17N7O3. The fourth-order valence-electron chi connectivity index (χ4n) is 1.40. The van der Waals surface area contributed by atoms with Crippen LogP contribution in [-0.4, -0.2) is 58.3 Å². The van der Waals surface area contributed by atoms with E-state index in [9.17, 15) is 0 Å². The molecule has 2 aromatic heterocycles. The monoisotopic (exact) mass is 295 g/mol. The molecule has 3 N–H and O–H groups in total. The van der Waals surface area contributed by atoms with E-state index < -0.39 is 0 Å². The molecule has 0 saturated heterocycles. The fourth-order valence-corrected chi connectivity index (χ4v) is 1.40. The lowest BCUT2D eigenvalue weighted by molar-refractivity contribution is 0.0528. The maximum atomic E-state index is 5.40. The van der Waals surface area contributed by atoms with Crippen molar-refractivity contribution in [2.24, 2.45) is 5.84 Å². The van der Waals surface area contributed by atoms with Crippen LogP contribution in [-0.2, 0) is 9.47 Å². The smallest absolute Gasteiger partial charge is 0.323 e. The van der Waals surface area contributed by atoms with Gasteiger partial charge in [0.2, 0.25) is 5.95 Å². The first-order valence-corrected chi connectivity index (χ1v) is 6.25. The Labute approximate surface area is 121 Å². The first kappa shape index (κ1) is 15.1. The van der Waals surface area contributed by atoms with Crippen molar-refractivity contribution in [2.75, 3.05) is 39.0 Å². The number of ether oxygens (including phenoxy) is 3. The van der Waals surface area contributed by atoms with Gasteiger partial charge in [0.05, 0.1) is 19.8 Å². The molecule has 0 aromatic carbocycles. The predicted octanol–water partition coefficient (Wildman–Crippen LogP) is -0.615. The van der Waals surface area contributed by atoms with Gasteiger partial charge in [0.15, 0.2) is 0 Å². The van der Waals surface area contributed by atoms with Gasteiger partial charge in [-0.2, -0.15) is 20.1 Å². The molecule has 114 valence electrons. The van der Waals surface area contributed by atoms with Gasteiger partial charge in [0, 0.05) is 19.5 Å². The zero-order valence-electron chi connectivity index (χ0n) is 11.6. The summed E-state index contributed by atoms with van der Waals surface area (Å²) in [5.41, 5.74) is 2.36. The van der Waals surface area contributed by atoms with Gasteiger partial charge in [-0.1, -0.05) is 0 Å². The van der Waals surface area contributed by atoms with E-state index in [-0.39, 0.29) is 12.0 Å². The Kier molecular flexibility index (Phi) is 5.82. The molecule has 0 atom stereocenters. The van der Waals surface area contributed by atoms with Crippen molar-refractivity contribution in [3.05, 3.63) is 18.5 Å². The van der Waals surface area contributed by atoms with Gasteiger partial charge >= 0.3 is 6.01 Å². The molecule has 0 saturated carbocycles. The third-order valence-corrected chi connectivity index (χ3v) is 2.33. The Bertz CT molecular complexity index is 535. The summed E-state index contributed by atoms with van der Waals surface area (Å²) in [5.74, 6) is 5.81. The molecule has 0 spiro atoms. The Morgan fingerprint density at radius 3 is 2.76 bits per heavy atom. The summed E-state index contributed by atoms with van der Waals surface area (Å²) >= 11 is 0. The number of aromatic nitrogens is 5. The highest BCUT2D eigenvalue weighted by molar-refractivity contribution is 5.28. The van der Waals surface area contributed by atoms with Crippen molar-refractivity contribution >= 4 is 5.95 Å². The third-order valence-electron chi connectivity index (χ3n) is 2.33. The minimum absolute atomic E-state index is 0.138. The Morgan fingerprint density at radius 2 is 2.05 bits per heavy atom. The highest BCUT2D eigenvalue weighted by atomic mass is 16.5. The van der Waals surface area contributed by atoms with Crippen LogP contribution in [0.15, 0.2) is 18.5 Å². The second-order valence-corrected chi connectivity index (χ2v) is 3.79. The number of nitrogens with zero attached hydrogens (tertiary/aromatic N) is 5. The van der Waals surface area contributed by atoms with Gasteiger partial charge in [-0.25, -0.2) is 10.5 Å². The number of nitrogens with one attached hydrogen (secondary N) is 1. The second-order valence-electron chi connectivity index (χ2n) is 3.79. The number of nitrogen functional groups attached to an aromatic ring is 1. The van der Waals surface area contributed by atoms with E-state index in [0.717, 1.165) is 0 Å². The van der Waals surface area contributed by atoms with E-state index in [1.807, 2.05) is 0 Å². The zero-order chi connectivity index (χ0) is 14.9. The summed E-state index contributed by atoms with van der Waals surface area (Å²) in [6, 6.07) is 1.89. The summed E-state index contributed by atoms with van der Waals surface area (Å²) in [6.07, 6.45) is 3.32. The summed E-state index contributed by atoms with van der Waals surface area (Å²) in [6.45, 7) is 1.75. The molecule has 2 heterocycles. The van der Waals surface area contributed by atoms with Crippen LogP contribution in [0.2, 0.25) is 0 Å². The largest absolute Gasteiger partial charge is 0.461 e. The third kappa shape index (κ3) is 4.63. The van der Waals surface area contributed by atoms with E-state index in [4.69, 9.17) is 20.1 Å². The van der Waals surface area contributed by atoms with Crippen LogP contribution in [0, 0.1) is 0 Å². The number of hydrogen-bond acceptors (Lipinski definition) is 9.